The number of carbonyl (C=O) groups excluding carboxylic acids is 1. The SMILES string of the molecule is C=C/C(=C\C=C/C)NC(=O)CCC(C)C. The predicted octanol–water partition coefficient (Wildman–Crippen LogP) is 3.18. The zero-order chi connectivity index (χ0) is 11.7. The minimum absolute atomic E-state index is 0.0550. The fourth-order valence-electron chi connectivity index (χ4n) is 1.00. The minimum Gasteiger partial charge on any atom is -0.326 e. The molecule has 2 nitrogen and oxygen atoms in total. The van der Waals surface area contributed by atoms with Crippen molar-refractivity contribution in [2.24, 2.45) is 5.92 Å². The van der Waals surface area contributed by atoms with E-state index in [9.17, 15) is 4.79 Å². The van der Waals surface area contributed by atoms with Gasteiger partial charge < -0.3 is 5.32 Å². The second-order valence-electron chi connectivity index (χ2n) is 3.83. The van der Waals surface area contributed by atoms with Gasteiger partial charge in [0.05, 0.1) is 0 Å². The van der Waals surface area contributed by atoms with Crippen LogP contribution in [0.25, 0.3) is 0 Å². The fraction of sp³-hybridized carbons (Fsp3) is 0.462. The molecule has 0 radical (unpaired) electrons. The normalized spacial score (nSPS) is 12.1. The predicted molar refractivity (Wildman–Crippen MR) is 65.3 cm³/mol. The number of hydrogen-bond donors (Lipinski definition) is 1. The van der Waals surface area contributed by atoms with Crippen molar-refractivity contribution in [3.05, 3.63) is 36.6 Å². The third-order valence-electron chi connectivity index (χ3n) is 1.92. The second kappa shape index (κ2) is 8.04. The molecule has 84 valence electrons. The lowest BCUT2D eigenvalue weighted by Gasteiger charge is -2.06. The topological polar surface area (TPSA) is 29.1 Å². The molecule has 0 fully saturated rings. The van der Waals surface area contributed by atoms with Gasteiger partial charge in [-0.25, -0.2) is 0 Å². The third-order valence-corrected chi connectivity index (χ3v) is 1.92. The van der Waals surface area contributed by atoms with E-state index in [1.54, 1.807) is 6.08 Å². The molecule has 0 aromatic rings. The van der Waals surface area contributed by atoms with Crippen molar-refractivity contribution in [1.82, 2.24) is 5.32 Å². The third kappa shape index (κ3) is 7.74. The maximum atomic E-state index is 11.5. The van der Waals surface area contributed by atoms with Gasteiger partial charge >= 0.3 is 0 Å². The Morgan fingerprint density at radius 1 is 1.47 bits per heavy atom. The van der Waals surface area contributed by atoms with Crippen LogP contribution in [0.5, 0.6) is 0 Å². The molecule has 0 aliphatic heterocycles. The summed E-state index contributed by atoms with van der Waals surface area (Å²) in [6.45, 7) is 9.79. The molecule has 0 aromatic carbocycles. The first-order valence-electron chi connectivity index (χ1n) is 5.35. The summed E-state index contributed by atoms with van der Waals surface area (Å²) >= 11 is 0. The molecule has 0 aliphatic carbocycles. The van der Waals surface area contributed by atoms with Crippen LogP contribution in [0.2, 0.25) is 0 Å². The van der Waals surface area contributed by atoms with Crippen LogP contribution in [0.15, 0.2) is 36.6 Å². The lowest BCUT2D eigenvalue weighted by molar-refractivity contribution is -0.120. The summed E-state index contributed by atoms with van der Waals surface area (Å²) in [5.74, 6) is 0.613. The van der Waals surface area contributed by atoms with Crippen LogP contribution >= 0.6 is 0 Å². The monoisotopic (exact) mass is 207 g/mol. The Labute approximate surface area is 92.8 Å². The number of rotatable bonds is 6. The highest BCUT2D eigenvalue weighted by Gasteiger charge is 2.03. The minimum atomic E-state index is 0.0550. The molecule has 0 bridgehead atoms. The number of nitrogens with one attached hydrogen (secondary N) is 1. The summed E-state index contributed by atoms with van der Waals surface area (Å²) < 4.78 is 0. The lowest BCUT2D eigenvalue weighted by Crippen LogP contribution is -2.21. The van der Waals surface area contributed by atoms with Crippen molar-refractivity contribution >= 4 is 5.91 Å². The molecule has 0 saturated heterocycles. The molecule has 0 rings (SSSR count). The lowest BCUT2D eigenvalue weighted by atomic mass is 10.1. The van der Waals surface area contributed by atoms with E-state index >= 15 is 0 Å². The molecule has 0 unspecified atom stereocenters. The summed E-state index contributed by atoms with van der Waals surface area (Å²) in [5, 5.41) is 2.81. The smallest absolute Gasteiger partial charge is 0.224 e. The molecule has 1 amide bonds. The van der Waals surface area contributed by atoms with E-state index in [1.807, 2.05) is 25.2 Å². The molecule has 0 aliphatic rings. The van der Waals surface area contributed by atoms with Crippen molar-refractivity contribution in [1.29, 1.82) is 0 Å². The van der Waals surface area contributed by atoms with E-state index < -0.39 is 0 Å². The first kappa shape index (κ1) is 13.7. The standard InChI is InChI=1S/C13H21NO/c1-5-7-8-12(6-2)14-13(15)10-9-11(3)4/h5-8,11H,2,9-10H2,1,3-4H3,(H,14,15)/b7-5-,12-8+. The van der Waals surface area contributed by atoms with Crippen molar-refractivity contribution in [3.8, 4) is 0 Å². The van der Waals surface area contributed by atoms with Crippen molar-refractivity contribution in [3.63, 3.8) is 0 Å². The number of amides is 1. The van der Waals surface area contributed by atoms with Crippen LogP contribution in [-0.2, 0) is 4.79 Å². The number of carbonyl (C=O) groups is 1. The van der Waals surface area contributed by atoms with Gasteiger partial charge in [0.15, 0.2) is 0 Å². The zero-order valence-corrected chi connectivity index (χ0v) is 9.92. The van der Waals surface area contributed by atoms with E-state index in [-0.39, 0.29) is 5.91 Å². The molecular formula is C13H21NO. The quantitative estimate of drug-likeness (QED) is 0.666. The summed E-state index contributed by atoms with van der Waals surface area (Å²) in [4.78, 5) is 11.5. The van der Waals surface area contributed by atoms with Crippen molar-refractivity contribution in [2.45, 2.75) is 33.6 Å². The maximum Gasteiger partial charge on any atom is 0.224 e. The van der Waals surface area contributed by atoms with Crippen LogP contribution < -0.4 is 5.32 Å². The van der Waals surface area contributed by atoms with Gasteiger partial charge in [0, 0.05) is 12.1 Å². The number of allylic oxidation sites excluding steroid dienone is 4. The molecule has 0 saturated carbocycles. The highest BCUT2D eigenvalue weighted by molar-refractivity contribution is 5.78. The first-order chi connectivity index (χ1) is 7.10. The summed E-state index contributed by atoms with van der Waals surface area (Å²) in [7, 11) is 0. The molecular weight excluding hydrogens is 186 g/mol. The molecule has 2 heteroatoms. The fourth-order valence-corrected chi connectivity index (χ4v) is 1.00. The van der Waals surface area contributed by atoms with Crippen LogP contribution in [0.4, 0.5) is 0 Å². The van der Waals surface area contributed by atoms with Crippen molar-refractivity contribution in [2.75, 3.05) is 0 Å². The molecule has 0 atom stereocenters. The van der Waals surface area contributed by atoms with Gasteiger partial charge in [-0.1, -0.05) is 32.6 Å². The van der Waals surface area contributed by atoms with Crippen LogP contribution in [0, 0.1) is 5.92 Å². The van der Waals surface area contributed by atoms with Gasteiger partial charge in [-0.05, 0) is 31.4 Å². The van der Waals surface area contributed by atoms with E-state index in [0.29, 0.717) is 12.3 Å². The average molecular weight is 207 g/mol. The van der Waals surface area contributed by atoms with E-state index in [1.165, 1.54) is 0 Å². The second-order valence-corrected chi connectivity index (χ2v) is 3.83. The van der Waals surface area contributed by atoms with Crippen LogP contribution in [-0.4, -0.2) is 5.91 Å². The van der Waals surface area contributed by atoms with Crippen molar-refractivity contribution < 1.29 is 4.79 Å². The highest BCUT2D eigenvalue weighted by atomic mass is 16.1. The highest BCUT2D eigenvalue weighted by Crippen LogP contribution is 2.03. The Morgan fingerprint density at radius 3 is 2.60 bits per heavy atom. The van der Waals surface area contributed by atoms with Crippen LogP contribution in [0.3, 0.4) is 0 Å². The van der Waals surface area contributed by atoms with Gasteiger partial charge in [0.1, 0.15) is 0 Å². The Kier molecular flexibility index (Phi) is 7.33. The largest absolute Gasteiger partial charge is 0.326 e. The van der Waals surface area contributed by atoms with Gasteiger partial charge in [-0.3, -0.25) is 4.79 Å². The Bertz CT molecular complexity index is 262. The van der Waals surface area contributed by atoms with Gasteiger partial charge in [0.25, 0.3) is 0 Å². The van der Waals surface area contributed by atoms with Gasteiger partial charge in [-0.15, -0.1) is 0 Å². The number of hydrogen-bond acceptors (Lipinski definition) is 1. The molecule has 0 aromatic heterocycles. The Balaban J connectivity index is 4.07. The summed E-state index contributed by atoms with van der Waals surface area (Å²) in [5.41, 5.74) is 0.752. The van der Waals surface area contributed by atoms with Gasteiger partial charge in [0.2, 0.25) is 5.91 Å². The Morgan fingerprint density at radius 2 is 2.13 bits per heavy atom. The maximum absolute atomic E-state index is 11.5. The van der Waals surface area contributed by atoms with E-state index in [0.717, 1.165) is 12.1 Å². The molecule has 1 N–H and O–H groups in total. The molecule has 15 heavy (non-hydrogen) atoms. The molecule has 0 spiro atoms. The molecule has 0 heterocycles. The summed E-state index contributed by atoms with van der Waals surface area (Å²) in [6, 6.07) is 0. The summed E-state index contributed by atoms with van der Waals surface area (Å²) in [6.07, 6.45) is 8.75. The van der Waals surface area contributed by atoms with Crippen LogP contribution in [0.1, 0.15) is 33.6 Å². The van der Waals surface area contributed by atoms with Gasteiger partial charge in [-0.2, -0.15) is 0 Å². The zero-order valence-electron chi connectivity index (χ0n) is 9.92. The average Bonchev–Trinajstić information content (AvgIpc) is 2.21. The first-order valence-corrected chi connectivity index (χ1v) is 5.35. The van der Waals surface area contributed by atoms with E-state index in [4.69, 9.17) is 0 Å². The van der Waals surface area contributed by atoms with E-state index in [2.05, 4.69) is 25.7 Å². The Hall–Kier alpha value is -1.31.